The number of guanidine groups is 1. The molecule has 0 heterocycles. The molecule has 2 aromatic rings. The second-order valence-corrected chi connectivity index (χ2v) is 4.93. The molecule has 0 saturated heterocycles. The van der Waals surface area contributed by atoms with E-state index in [1.807, 2.05) is 62.4 Å². The summed E-state index contributed by atoms with van der Waals surface area (Å²) in [7, 11) is 0. The highest BCUT2D eigenvalue weighted by Crippen LogP contribution is 2.01. The molecule has 0 bridgehead atoms. The summed E-state index contributed by atoms with van der Waals surface area (Å²) < 4.78 is 0. The number of nitrogens with one attached hydrogen (secondary N) is 1. The van der Waals surface area contributed by atoms with Gasteiger partial charge in [0.15, 0.2) is 0 Å². The molecule has 0 aliphatic heterocycles. The number of aryl methyl sites for hydroxylation is 2. The maximum absolute atomic E-state index is 5.67. The Hall–Kier alpha value is -2.66. The largest absolute Gasteiger partial charge is 0.367 e. The molecule has 3 N–H and O–H groups in total. The monoisotopic (exact) mass is 329 g/mol. The van der Waals surface area contributed by atoms with Crippen LogP contribution in [0, 0.1) is 13.8 Å². The summed E-state index contributed by atoms with van der Waals surface area (Å²) in [4.78, 5) is 0. The van der Waals surface area contributed by atoms with Gasteiger partial charge in [0.2, 0.25) is 5.96 Å². The van der Waals surface area contributed by atoms with Crippen molar-refractivity contribution >= 4 is 30.8 Å². The van der Waals surface area contributed by atoms with Gasteiger partial charge in [0.05, 0.1) is 12.4 Å². The number of rotatable bonds is 4. The molecule has 0 fully saturated rings. The van der Waals surface area contributed by atoms with Gasteiger partial charge in [-0.15, -0.1) is 17.5 Å². The first-order chi connectivity index (χ1) is 10.6. The van der Waals surface area contributed by atoms with E-state index in [2.05, 4.69) is 20.7 Å². The van der Waals surface area contributed by atoms with E-state index in [4.69, 9.17) is 5.73 Å². The highest BCUT2D eigenvalue weighted by molar-refractivity contribution is 5.85. The summed E-state index contributed by atoms with van der Waals surface area (Å²) in [6, 6.07) is 15.9. The van der Waals surface area contributed by atoms with Gasteiger partial charge in [0.25, 0.3) is 0 Å². The summed E-state index contributed by atoms with van der Waals surface area (Å²) in [5.41, 5.74) is 12.6. The summed E-state index contributed by atoms with van der Waals surface area (Å²) in [5, 5.41) is 11.8. The van der Waals surface area contributed by atoms with E-state index in [0.717, 1.165) is 11.1 Å². The zero-order valence-electron chi connectivity index (χ0n) is 13.1. The van der Waals surface area contributed by atoms with E-state index in [-0.39, 0.29) is 18.4 Å². The van der Waals surface area contributed by atoms with Crippen molar-refractivity contribution in [3.05, 3.63) is 70.8 Å². The third-order valence-electron chi connectivity index (χ3n) is 2.85. The number of nitrogens with zero attached hydrogens (tertiary/aromatic N) is 3. The predicted molar refractivity (Wildman–Crippen MR) is 99.6 cm³/mol. The second-order valence-electron chi connectivity index (χ2n) is 4.93. The molecule has 2 rings (SSSR count). The van der Waals surface area contributed by atoms with Crippen LogP contribution in [0.15, 0.2) is 63.8 Å². The lowest BCUT2D eigenvalue weighted by Crippen LogP contribution is -2.26. The number of nitrogens with two attached hydrogens (primary N) is 1. The van der Waals surface area contributed by atoms with Gasteiger partial charge in [-0.1, -0.05) is 59.7 Å². The van der Waals surface area contributed by atoms with Crippen LogP contribution in [-0.2, 0) is 0 Å². The summed E-state index contributed by atoms with van der Waals surface area (Å²) >= 11 is 0. The molecule has 120 valence electrons. The first kappa shape index (κ1) is 18.4. The Balaban J connectivity index is 0.00000264. The smallest absolute Gasteiger partial charge is 0.234 e. The van der Waals surface area contributed by atoms with Crippen LogP contribution in [0.5, 0.6) is 0 Å². The standard InChI is InChI=1S/C17H19N5.ClH/c1-13-5-3-7-15(9-13)11-19-21-17(18)22-20-12-16-8-4-6-14(2)10-16;/h3-12H,1-2H3,(H3,18,21,22);1H. The number of benzene rings is 2. The Kier molecular flexibility index (Phi) is 7.50. The molecule has 0 unspecified atom stereocenters. The van der Waals surface area contributed by atoms with E-state index in [1.54, 1.807) is 12.4 Å². The fourth-order valence-corrected chi connectivity index (χ4v) is 1.85. The molecule has 0 saturated carbocycles. The van der Waals surface area contributed by atoms with Crippen LogP contribution in [0.25, 0.3) is 0 Å². The van der Waals surface area contributed by atoms with Gasteiger partial charge in [0.1, 0.15) is 0 Å². The van der Waals surface area contributed by atoms with Crippen molar-refractivity contribution in [3.63, 3.8) is 0 Å². The Morgan fingerprint density at radius 1 is 0.957 bits per heavy atom. The maximum Gasteiger partial charge on any atom is 0.234 e. The van der Waals surface area contributed by atoms with E-state index in [0.29, 0.717) is 0 Å². The lowest BCUT2D eigenvalue weighted by molar-refractivity contribution is 0.994. The van der Waals surface area contributed by atoms with Crippen LogP contribution in [0.3, 0.4) is 0 Å². The lowest BCUT2D eigenvalue weighted by Gasteiger charge is -1.97. The molecular weight excluding hydrogens is 310 g/mol. The van der Waals surface area contributed by atoms with Crippen LogP contribution in [0.2, 0.25) is 0 Å². The first-order valence-electron chi connectivity index (χ1n) is 6.92. The molecule has 0 aromatic heterocycles. The summed E-state index contributed by atoms with van der Waals surface area (Å²) in [5.74, 6) is 0.132. The summed E-state index contributed by atoms with van der Waals surface area (Å²) in [6.45, 7) is 4.05. The summed E-state index contributed by atoms with van der Waals surface area (Å²) in [6.07, 6.45) is 3.32. The molecule has 23 heavy (non-hydrogen) atoms. The number of hydrazone groups is 1. The zero-order valence-corrected chi connectivity index (χ0v) is 13.9. The molecule has 6 heteroatoms. The Morgan fingerprint density at radius 2 is 1.52 bits per heavy atom. The van der Waals surface area contributed by atoms with Gasteiger partial charge in [-0.2, -0.15) is 10.2 Å². The van der Waals surface area contributed by atoms with Gasteiger partial charge in [0, 0.05) is 0 Å². The fourth-order valence-electron chi connectivity index (χ4n) is 1.85. The minimum atomic E-state index is 0. The maximum atomic E-state index is 5.67. The topological polar surface area (TPSA) is 75.1 Å². The van der Waals surface area contributed by atoms with Gasteiger partial charge in [-0.3, -0.25) is 0 Å². The normalized spacial score (nSPS) is 11.7. The van der Waals surface area contributed by atoms with Gasteiger partial charge in [-0.25, -0.2) is 5.43 Å². The molecule has 0 atom stereocenters. The minimum absolute atomic E-state index is 0. The van der Waals surface area contributed by atoms with Crippen LogP contribution in [0.1, 0.15) is 22.3 Å². The van der Waals surface area contributed by atoms with Crippen molar-refractivity contribution < 1.29 is 0 Å². The Morgan fingerprint density at radius 3 is 2.09 bits per heavy atom. The molecule has 0 aliphatic rings. The van der Waals surface area contributed by atoms with Crippen molar-refractivity contribution in [2.24, 2.45) is 21.0 Å². The second kappa shape index (κ2) is 9.38. The lowest BCUT2D eigenvalue weighted by atomic mass is 10.2. The quantitative estimate of drug-likeness (QED) is 0.514. The van der Waals surface area contributed by atoms with Crippen molar-refractivity contribution in [2.75, 3.05) is 0 Å². The average molecular weight is 330 g/mol. The highest BCUT2D eigenvalue weighted by atomic mass is 35.5. The van der Waals surface area contributed by atoms with Crippen LogP contribution in [-0.4, -0.2) is 18.4 Å². The third-order valence-corrected chi connectivity index (χ3v) is 2.85. The Labute approximate surface area is 142 Å². The van der Waals surface area contributed by atoms with E-state index < -0.39 is 0 Å². The van der Waals surface area contributed by atoms with Gasteiger partial charge in [-0.05, 0) is 25.0 Å². The number of hydrogen-bond donors (Lipinski definition) is 2. The number of halogens is 1. The van der Waals surface area contributed by atoms with E-state index in [9.17, 15) is 0 Å². The molecule has 0 amide bonds. The molecule has 0 spiro atoms. The fraction of sp³-hybridized carbons (Fsp3) is 0.118. The average Bonchev–Trinajstić information content (AvgIpc) is 2.47. The first-order valence-corrected chi connectivity index (χ1v) is 6.92. The molecule has 5 nitrogen and oxygen atoms in total. The van der Waals surface area contributed by atoms with Crippen LogP contribution < -0.4 is 11.2 Å². The SMILES string of the molecule is Cc1cccc(C=NN=C(N)NN=Cc2cccc(C)c2)c1.Cl. The van der Waals surface area contributed by atoms with Gasteiger partial charge < -0.3 is 5.73 Å². The molecular formula is C17H20ClN5. The van der Waals surface area contributed by atoms with E-state index in [1.165, 1.54) is 11.1 Å². The van der Waals surface area contributed by atoms with Crippen molar-refractivity contribution in [3.8, 4) is 0 Å². The predicted octanol–water partition coefficient (Wildman–Crippen LogP) is 3.00. The van der Waals surface area contributed by atoms with Crippen molar-refractivity contribution in [1.82, 2.24) is 5.43 Å². The van der Waals surface area contributed by atoms with Crippen molar-refractivity contribution in [2.45, 2.75) is 13.8 Å². The van der Waals surface area contributed by atoms with Crippen LogP contribution in [0.4, 0.5) is 0 Å². The molecule has 2 aromatic carbocycles. The molecule has 0 aliphatic carbocycles. The zero-order chi connectivity index (χ0) is 15.8. The molecule has 0 radical (unpaired) electrons. The van der Waals surface area contributed by atoms with E-state index >= 15 is 0 Å². The third kappa shape index (κ3) is 6.76. The minimum Gasteiger partial charge on any atom is -0.367 e. The number of hydrogen-bond acceptors (Lipinski definition) is 3. The Bertz CT molecular complexity index is 722. The van der Waals surface area contributed by atoms with Crippen molar-refractivity contribution in [1.29, 1.82) is 0 Å². The highest BCUT2D eigenvalue weighted by Gasteiger charge is 1.90. The van der Waals surface area contributed by atoms with Gasteiger partial charge >= 0.3 is 0 Å². The van der Waals surface area contributed by atoms with Crippen LogP contribution >= 0.6 is 12.4 Å².